The third-order valence-corrected chi connectivity index (χ3v) is 4.30. The number of hydrogen-bond donors (Lipinski definition) is 2. The zero-order valence-corrected chi connectivity index (χ0v) is 14.6. The number of pyridine rings is 1. The summed E-state index contributed by atoms with van der Waals surface area (Å²) < 4.78 is 14.4. The molecule has 0 saturated heterocycles. The number of rotatable bonds is 7. The first kappa shape index (κ1) is 17.7. The van der Waals surface area contributed by atoms with Gasteiger partial charge in [0.1, 0.15) is 17.2 Å². The van der Waals surface area contributed by atoms with Gasteiger partial charge in [-0.05, 0) is 18.6 Å². The molecule has 0 spiro atoms. The number of nitriles is 1. The van der Waals surface area contributed by atoms with E-state index in [-0.39, 0.29) is 12.3 Å². The number of aromatic nitrogens is 3. The average Bonchev–Trinajstić information content (AvgIpc) is 3.30. The highest BCUT2D eigenvalue weighted by Crippen LogP contribution is 2.30. The van der Waals surface area contributed by atoms with Crippen molar-refractivity contribution < 1.29 is 9.18 Å². The smallest absolute Gasteiger partial charge is 0.270 e. The molecule has 0 aliphatic carbocycles. The maximum Gasteiger partial charge on any atom is 0.270 e. The highest BCUT2D eigenvalue weighted by Gasteiger charge is 2.19. The van der Waals surface area contributed by atoms with Gasteiger partial charge in [-0.15, -0.1) is 0 Å². The number of hydrogen-bond acceptors (Lipinski definition) is 3. The lowest BCUT2D eigenvalue weighted by atomic mass is 10.1. The van der Waals surface area contributed by atoms with E-state index in [1.807, 2.05) is 6.92 Å². The van der Waals surface area contributed by atoms with Crippen LogP contribution in [-0.2, 0) is 0 Å². The summed E-state index contributed by atoms with van der Waals surface area (Å²) >= 11 is 0. The average molecular weight is 353 g/mol. The van der Waals surface area contributed by atoms with Crippen molar-refractivity contribution in [1.29, 1.82) is 5.26 Å². The molecule has 0 unspecified atom stereocenters. The van der Waals surface area contributed by atoms with Crippen LogP contribution in [0.4, 0.5) is 4.39 Å². The molecule has 0 aliphatic heterocycles. The van der Waals surface area contributed by atoms with Crippen molar-refractivity contribution in [2.24, 2.45) is 0 Å². The number of carbonyl (C=O) groups is 1. The van der Waals surface area contributed by atoms with Gasteiger partial charge < -0.3 is 14.9 Å². The lowest BCUT2D eigenvalue weighted by Gasteiger charge is -2.20. The van der Waals surface area contributed by atoms with E-state index in [9.17, 15) is 9.18 Å². The quantitative estimate of drug-likeness (QED) is 0.676. The normalized spacial score (nSPS) is 10.8. The van der Waals surface area contributed by atoms with Crippen LogP contribution in [-0.4, -0.2) is 38.8 Å². The third-order valence-electron chi connectivity index (χ3n) is 4.30. The first-order chi connectivity index (χ1) is 12.7. The van der Waals surface area contributed by atoms with Gasteiger partial charge in [-0.25, -0.2) is 9.37 Å². The number of fused-ring (bicyclic) bond motifs is 1. The molecule has 3 aromatic heterocycles. The van der Waals surface area contributed by atoms with Crippen LogP contribution in [0.15, 0.2) is 30.7 Å². The maximum atomic E-state index is 14.4. The van der Waals surface area contributed by atoms with Gasteiger partial charge in [0, 0.05) is 42.0 Å². The lowest BCUT2D eigenvalue weighted by Crippen LogP contribution is -2.33. The van der Waals surface area contributed by atoms with Gasteiger partial charge in [0.15, 0.2) is 0 Å². The number of aromatic amines is 2. The van der Waals surface area contributed by atoms with E-state index in [0.717, 1.165) is 12.8 Å². The van der Waals surface area contributed by atoms with Crippen molar-refractivity contribution in [2.75, 3.05) is 13.1 Å². The van der Waals surface area contributed by atoms with E-state index in [4.69, 9.17) is 5.26 Å². The summed E-state index contributed by atoms with van der Waals surface area (Å²) in [5.74, 6) is -0.623. The molecule has 7 heteroatoms. The van der Waals surface area contributed by atoms with Gasteiger partial charge in [0.2, 0.25) is 0 Å². The SMILES string of the molecule is CCCCN(CCC#N)C(=O)c1cc(-c2c(F)cnc3[nH]ccc23)c[nH]1. The summed E-state index contributed by atoms with van der Waals surface area (Å²) in [6.07, 6.45) is 6.61. The Morgan fingerprint density at radius 3 is 3.00 bits per heavy atom. The van der Waals surface area contributed by atoms with Crippen molar-refractivity contribution >= 4 is 16.9 Å². The van der Waals surface area contributed by atoms with Crippen LogP contribution >= 0.6 is 0 Å². The number of carbonyl (C=O) groups excluding carboxylic acids is 1. The molecule has 26 heavy (non-hydrogen) atoms. The Bertz CT molecular complexity index is 952. The van der Waals surface area contributed by atoms with Crippen LogP contribution < -0.4 is 0 Å². The van der Waals surface area contributed by atoms with Crippen LogP contribution in [0.3, 0.4) is 0 Å². The summed E-state index contributed by atoms with van der Waals surface area (Å²) in [7, 11) is 0. The Morgan fingerprint density at radius 1 is 1.38 bits per heavy atom. The Hall–Kier alpha value is -3.14. The second-order valence-electron chi connectivity index (χ2n) is 6.08. The number of amides is 1. The molecule has 3 aromatic rings. The van der Waals surface area contributed by atoms with E-state index in [1.165, 1.54) is 6.20 Å². The van der Waals surface area contributed by atoms with E-state index in [0.29, 0.717) is 40.9 Å². The van der Waals surface area contributed by atoms with Gasteiger partial charge >= 0.3 is 0 Å². The third kappa shape index (κ3) is 3.45. The Morgan fingerprint density at radius 2 is 2.23 bits per heavy atom. The van der Waals surface area contributed by atoms with Crippen molar-refractivity contribution in [1.82, 2.24) is 19.9 Å². The molecule has 3 heterocycles. The molecule has 0 aromatic carbocycles. The largest absolute Gasteiger partial charge is 0.357 e. The predicted molar refractivity (Wildman–Crippen MR) is 96.9 cm³/mol. The highest BCUT2D eigenvalue weighted by atomic mass is 19.1. The maximum absolute atomic E-state index is 14.4. The molecule has 0 atom stereocenters. The van der Waals surface area contributed by atoms with Gasteiger partial charge in [0.25, 0.3) is 5.91 Å². The monoisotopic (exact) mass is 353 g/mol. The number of nitrogens with one attached hydrogen (secondary N) is 2. The van der Waals surface area contributed by atoms with E-state index in [1.54, 1.807) is 29.4 Å². The number of unbranched alkanes of at least 4 members (excludes halogenated alkanes) is 1. The van der Waals surface area contributed by atoms with Crippen LogP contribution in [0.25, 0.3) is 22.2 Å². The second kappa shape index (κ2) is 7.83. The molecular weight excluding hydrogens is 333 g/mol. The van der Waals surface area contributed by atoms with E-state index in [2.05, 4.69) is 21.0 Å². The molecule has 134 valence electrons. The van der Waals surface area contributed by atoms with Crippen molar-refractivity contribution in [3.8, 4) is 17.2 Å². The summed E-state index contributed by atoms with van der Waals surface area (Å²) in [5, 5.41) is 9.47. The van der Waals surface area contributed by atoms with Crippen LogP contribution in [0.5, 0.6) is 0 Å². The molecule has 3 rings (SSSR count). The summed E-state index contributed by atoms with van der Waals surface area (Å²) in [5.41, 5.74) is 1.97. The fourth-order valence-electron chi connectivity index (χ4n) is 2.96. The molecule has 0 aliphatic rings. The van der Waals surface area contributed by atoms with Gasteiger partial charge in [0.05, 0.1) is 18.7 Å². The predicted octanol–water partition coefficient (Wildman–Crippen LogP) is 3.85. The van der Waals surface area contributed by atoms with E-state index >= 15 is 0 Å². The fourth-order valence-corrected chi connectivity index (χ4v) is 2.96. The standard InChI is InChI=1S/C19H20FN5O/c1-2-3-8-25(9-4-6-21)19(26)16-10-13(11-23-16)17-14-5-7-22-18(14)24-12-15(17)20/h5,7,10-12,23H,2-4,8-9H2,1H3,(H,22,24). The van der Waals surface area contributed by atoms with Gasteiger partial charge in [-0.1, -0.05) is 13.3 Å². The molecule has 1 amide bonds. The second-order valence-corrected chi connectivity index (χ2v) is 6.08. The Labute approximate surface area is 150 Å². The zero-order chi connectivity index (χ0) is 18.5. The fraction of sp³-hybridized carbons (Fsp3) is 0.316. The molecule has 0 fully saturated rings. The molecule has 0 bridgehead atoms. The van der Waals surface area contributed by atoms with Gasteiger partial charge in [-0.2, -0.15) is 5.26 Å². The highest BCUT2D eigenvalue weighted by molar-refractivity contribution is 5.97. The molecule has 6 nitrogen and oxygen atoms in total. The van der Waals surface area contributed by atoms with Crippen LogP contribution in [0.1, 0.15) is 36.7 Å². The number of nitrogens with zero attached hydrogens (tertiary/aromatic N) is 3. The van der Waals surface area contributed by atoms with Crippen molar-refractivity contribution in [3.05, 3.63) is 42.2 Å². The first-order valence-electron chi connectivity index (χ1n) is 8.62. The minimum Gasteiger partial charge on any atom is -0.357 e. The Balaban J connectivity index is 1.90. The molecule has 0 radical (unpaired) electrons. The minimum atomic E-state index is -0.442. The minimum absolute atomic E-state index is 0.181. The van der Waals surface area contributed by atoms with Crippen molar-refractivity contribution in [2.45, 2.75) is 26.2 Å². The summed E-state index contributed by atoms with van der Waals surface area (Å²) in [4.78, 5) is 24.4. The molecule has 0 saturated carbocycles. The zero-order valence-electron chi connectivity index (χ0n) is 14.6. The molecular formula is C19H20FN5O. The van der Waals surface area contributed by atoms with Crippen molar-refractivity contribution in [3.63, 3.8) is 0 Å². The van der Waals surface area contributed by atoms with Crippen LogP contribution in [0.2, 0.25) is 0 Å². The van der Waals surface area contributed by atoms with E-state index < -0.39 is 5.82 Å². The van der Waals surface area contributed by atoms with Crippen LogP contribution in [0, 0.1) is 17.1 Å². The first-order valence-corrected chi connectivity index (χ1v) is 8.62. The van der Waals surface area contributed by atoms with Gasteiger partial charge in [-0.3, -0.25) is 4.79 Å². The number of halogens is 1. The number of H-pyrrole nitrogens is 2. The summed E-state index contributed by atoms with van der Waals surface area (Å²) in [6.45, 7) is 3.03. The summed E-state index contributed by atoms with van der Waals surface area (Å²) in [6, 6.07) is 5.48. The Kier molecular flexibility index (Phi) is 5.32. The molecule has 2 N–H and O–H groups in total. The lowest BCUT2D eigenvalue weighted by molar-refractivity contribution is 0.0751. The topological polar surface area (TPSA) is 88.6 Å².